The predicted molar refractivity (Wildman–Crippen MR) is 86.6 cm³/mol. The molecule has 2 rings (SSSR count). The lowest BCUT2D eigenvalue weighted by Gasteiger charge is -2.25. The van der Waals surface area contributed by atoms with Crippen molar-refractivity contribution in [3.63, 3.8) is 0 Å². The average molecular weight is 312 g/mol. The third-order valence-corrected chi connectivity index (χ3v) is 5.03. The summed E-state index contributed by atoms with van der Waals surface area (Å²) in [5, 5.41) is 7.42. The quantitative estimate of drug-likeness (QED) is 0.781. The van der Waals surface area contributed by atoms with Crippen LogP contribution in [0.5, 0.6) is 0 Å². The average Bonchev–Trinajstić information content (AvgIpc) is 2.91. The minimum Gasteiger partial charge on any atom is -0.481 e. The second-order valence-corrected chi connectivity index (χ2v) is 6.74. The number of hydrogen-bond donors (Lipinski definition) is 1. The molecule has 0 bridgehead atoms. The van der Waals surface area contributed by atoms with E-state index < -0.39 is 5.97 Å². The highest BCUT2D eigenvalue weighted by atomic mass is 16.5. The highest BCUT2D eigenvalue weighted by Crippen LogP contribution is 2.41. The van der Waals surface area contributed by atoms with E-state index in [2.05, 4.69) is 13.8 Å². The maximum Gasteiger partial charge on any atom is 0.309 e. The number of rotatable bonds is 4. The summed E-state index contributed by atoms with van der Waals surface area (Å²) >= 11 is 0. The van der Waals surface area contributed by atoms with E-state index in [1.54, 1.807) is 0 Å². The lowest BCUT2D eigenvalue weighted by molar-refractivity contribution is -0.157. The SMILES string of the molecule is CC(=O)O.CCC1CC(CC)C(C(=O)OC2CCCCC2)C1. The number of aliphatic carboxylic acids is 1. The van der Waals surface area contributed by atoms with Gasteiger partial charge in [0, 0.05) is 6.92 Å². The standard InChI is InChI=1S/C16H28O2.C2H4O2/c1-3-12-10-13(4-2)15(11-12)16(17)18-14-8-6-5-7-9-14;1-2(3)4/h12-15H,3-11H2,1-2H3;1H3,(H,3,4). The number of carbonyl (C=O) groups excluding carboxylic acids is 1. The van der Waals surface area contributed by atoms with Crippen molar-refractivity contribution < 1.29 is 19.4 Å². The molecule has 0 saturated heterocycles. The van der Waals surface area contributed by atoms with Gasteiger partial charge in [-0.1, -0.05) is 33.1 Å². The van der Waals surface area contributed by atoms with Crippen molar-refractivity contribution in [3.05, 3.63) is 0 Å². The minimum absolute atomic E-state index is 0.115. The molecular formula is C18H32O4. The number of carbonyl (C=O) groups is 2. The molecule has 4 nitrogen and oxygen atoms in total. The zero-order valence-electron chi connectivity index (χ0n) is 14.3. The summed E-state index contributed by atoms with van der Waals surface area (Å²) < 4.78 is 5.76. The fraction of sp³-hybridized carbons (Fsp3) is 0.889. The zero-order chi connectivity index (χ0) is 16.5. The van der Waals surface area contributed by atoms with Crippen molar-refractivity contribution in [2.75, 3.05) is 0 Å². The molecule has 0 spiro atoms. The van der Waals surface area contributed by atoms with Crippen molar-refractivity contribution in [2.45, 2.75) is 84.7 Å². The van der Waals surface area contributed by atoms with Gasteiger partial charge in [-0.05, 0) is 50.4 Å². The van der Waals surface area contributed by atoms with Crippen molar-refractivity contribution in [3.8, 4) is 0 Å². The van der Waals surface area contributed by atoms with Crippen LogP contribution in [0.4, 0.5) is 0 Å². The van der Waals surface area contributed by atoms with E-state index >= 15 is 0 Å². The Kier molecular flexibility index (Phi) is 8.51. The zero-order valence-corrected chi connectivity index (χ0v) is 14.3. The summed E-state index contributed by atoms with van der Waals surface area (Å²) in [7, 11) is 0. The van der Waals surface area contributed by atoms with E-state index in [4.69, 9.17) is 14.6 Å². The molecule has 0 heterocycles. The lowest BCUT2D eigenvalue weighted by atomic mass is 9.93. The summed E-state index contributed by atoms with van der Waals surface area (Å²) in [6.45, 7) is 5.54. The monoisotopic (exact) mass is 312 g/mol. The molecule has 1 N–H and O–H groups in total. The van der Waals surface area contributed by atoms with Crippen molar-refractivity contribution in [2.24, 2.45) is 17.8 Å². The van der Waals surface area contributed by atoms with E-state index in [-0.39, 0.29) is 18.0 Å². The van der Waals surface area contributed by atoms with Gasteiger partial charge >= 0.3 is 5.97 Å². The number of carboxylic acid groups (broad SMARTS) is 1. The first kappa shape index (κ1) is 19.0. The molecule has 0 radical (unpaired) electrons. The van der Waals surface area contributed by atoms with Crippen LogP contribution in [-0.4, -0.2) is 23.1 Å². The fourth-order valence-corrected chi connectivity index (χ4v) is 3.75. The van der Waals surface area contributed by atoms with E-state index in [9.17, 15) is 4.79 Å². The van der Waals surface area contributed by atoms with E-state index in [0.29, 0.717) is 5.92 Å². The molecule has 0 aromatic carbocycles. The molecular weight excluding hydrogens is 280 g/mol. The molecule has 0 aliphatic heterocycles. The molecule has 4 heteroatoms. The van der Waals surface area contributed by atoms with Gasteiger partial charge < -0.3 is 9.84 Å². The largest absolute Gasteiger partial charge is 0.481 e. The summed E-state index contributed by atoms with van der Waals surface area (Å²) in [5.41, 5.74) is 0. The normalized spacial score (nSPS) is 28.6. The molecule has 0 aromatic heterocycles. The van der Waals surface area contributed by atoms with Crippen molar-refractivity contribution >= 4 is 11.9 Å². The first-order valence-electron chi connectivity index (χ1n) is 8.87. The van der Waals surface area contributed by atoms with Crippen LogP contribution in [0.25, 0.3) is 0 Å². The Morgan fingerprint density at radius 2 is 1.64 bits per heavy atom. The van der Waals surface area contributed by atoms with E-state index in [0.717, 1.165) is 38.5 Å². The van der Waals surface area contributed by atoms with E-state index in [1.807, 2.05) is 0 Å². The molecule has 3 unspecified atom stereocenters. The van der Waals surface area contributed by atoms with Crippen LogP contribution >= 0.6 is 0 Å². The Morgan fingerprint density at radius 1 is 1.05 bits per heavy atom. The van der Waals surface area contributed by atoms with Crippen molar-refractivity contribution in [1.29, 1.82) is 0 Å². The third-order valence-electron chi connectivity index (χ3n) is 5.03. The summed E-state index contributed by atoms with van der Waals surface area (Å²) in [4.78, 5) is 21.3. The minimum atomic E-state index is -0.833. The van der Waals surface area contributed by atoms with E-state index in [1.165, 1.54) is 32.1 Å². The second kappa shape index (κ2) is 9.86. The first-order chi connectivity index (χ1) is 10.5. The molecule has 0 aromatic rings. The maximum absolute atomic E-state index is 12.3. The number of esters is 1. The first-order valence-corrected chi connectivity index (χ1v) is 8.87. The number of ether oxygens (including phenoxy) is 1. The molecule has 2 saturated carbocycles. The molecule has 2 aliphatic carbocycles. The molecule has 128 valence electrons. The van der Waals surface area contributed by atoms with Crippen molar-refractivity contribution in [1.82, 2.24) is 0 Å². The molecule has 22 heavy (non-hydrogen) atoms. The maximum atomic E-state index is 12.3. The fourth-order valence-electron chi connectivity index (χ4n) is 3.75. The van der Waals surface area contributed by atoms with Crippen LogP contribution in [-0.2, 0) is 14.3 Å². The Hall–Kier alpha value is -1.06. The second-order valence-electron chi connectivity index (χ2n) is 6.74. The van der Waals surface area contributed by atoms with Crippen LogP contribution in [0.1, 0.15) is 78.6 Å². The van der Waals surface area contributed by atoms with Gasteiger partial charge in [0.15, 0.2) is 0 Å². The van der Waals surface area contributed by atoms with Gasteiger partial charge in [0.1, 0.15) is 6.10 Å². The molecule has 2 fully saturated rings. The van der Waals surface area contributed by atoms with Crippen LogP contribution in [0.3, 0.4) is 0 Å². The Balaban J connectivity index is 0.000000541. The van der Waals surface area contributed by atoms with Gasteiger partial charge in [0.2, 0.25) is 0 Å². The van der Waals surface area contributed by atoms with Crippen LogP contribution in [0, 0.1) is 17.8 Å². The van der Waals surface area contributed by atoms with Gasteiger partial charge in [0.05, 0.1) is 5.92 Å². The molecule has 0 amide bonds. The molecule has 3 atom stereocenters. The lowest BCUT2D eigenvalue weighted by Crippen LogP contribution is -2.27. The van der Waals surface area contributed by atoms with Gasteiger partial charge in [-0.25, -0.2) is 0 Å². The van der Waals surface area contributed by atoms with Crippen LogP contribution in [0.2, 0.25) is 0 Å². The highest BCUT2D eigenvalue weighted by molar-refractivity contribution is 5.73. The van der Waals surface area contributed by atoms with Gasteiger partial charge in [-0.2, -0.15) is 0 Å². The van der Waals surface area contributed by atoms with Crippen LogP contribution in [0.15, 0.2) is 0 Å². The predicted octanol–water partition coefficient (Wildman–Crippen LogP) is 4.42. The molecule has 2 aliphatic rings. The summed E-state index contributed by atoms with van der Waals surface area (Å²) in [5.74, 6) is 0.802. The van der Waals surface area contributed by atoms with Crippen LogP contribution < -0.4 is 0 Å². The Bertz CT molecular complexity index is 343. The number of carboxylic acids is 1. The smallest absolute Gasteiger partial charge is 0.309 e. The highest BCUT2D eigenvalue weighted by Gasteiger charge is 2.38. The van der Waals surface area contributed by atoms with Gasteiger partial charge in [-0.3, -0.25) is 9.59 Å². The Morgan fingerprint density at radius 3 is 2.14 bits per heavy atom. The van der Waals surface area contributed by atoms with Gasteiger partial charge in [-0.15, -0.1) is 0 Å². The number of hydrogen-bond acceptors (Lipinski definition) is 3. The van der Waals surface area contributed by atoms with Gasteiger partial charge in [0.25, 0.3) is 5.97 Å². The third kappa shape index (κ3) is 6.37. The Labute approximate surface area is 134 Å². The summed E-state index contributed by atoms with van der Waals surface area (Å²) in [6.07, 6.45) is 10.8. The summed E-state index contributed by atoms with van der Waals surface area (Å²) in [6, 6.07) is 0. The topological polar surface area (TPSA) is 63.6 Å².